The van der Waals surface area contributed by atoms with Crippen molar-refractivity contribution in [2.24, 2.45) is 0 Å². The summed E-state index contributed by atoms with van der Waals surface area (Å²) in [5.74, 6) is 1.23. The number of aryl methyl sites for hydroxylation is 1. The second-order valence-electron chi connectivity index (χ2n) is 4.60. The van der Waals surface area contributed by atoms with Crippen molar-refractivity contribution < 1.29 is 19.0 Å². The smallest absolute Gasteiger partial charge is 0.316 e. The fourth-order valence-corrected chi connectivity index (χ4v) is 2.49. The SMILES string of the molecule is COC(=O)C1(c2c(C)cc(OC)cc2OC)CC1. The molecule has 4 nitrogen and oxygen atoms in total. The summed E-state index contributed by atoms with van der Waals surface area (Å²) in [6.07, 6.45) is 1.62. The van der Waals surface area contributed by atoms with Crippen LogP contribution in [0.4, 0.5) is 0 Å². The third-order valence-corrected chi connectivity index (χ3v) is 3.53. The molecule has 0 atom stereocenters. The van der Waals surface area contributed by atoms with E-state index in [0.29, 0.717) is 5.75 Å². The highest BCUT2D eigenvalue weighted by Crippen LogP contribution is 2.54. The van der Waals surface area contributed by atoms with Gasteiger partial charge in [0.1, 0.15) is 11.5 Å². The highest BCUT2D eigenvalue weighted by atomic mass is 16.5. The predicted octanol–water partition coefficient (Wildman–Crippen LogP) is 2.22. The van der Waals surface area contributed by atoms with Crippen LogP contribution < -0.4 is 9.47 Å². The molecule has 0 bridgehead atoms. The van der Waals surface area contributed by atoms with Crippen LogP contribution in [0, 0.1) is 6.92 Å². The predicted molar refractivity (Wildman–Crippen MR) is 67.2 cm³/mol. The Morgan fingerprint density at radius 3 is 2.28 bits per heavy atom. The van der Waals surface area contributed by atoms with Gasteiger partial charge in [0.05, 0.1) is 26.7 Å². The molecule has 0 saturated heterocycles. The van der Waals surface area contributed by atoms with Crippen LogP contribution in [0.3, 0.4) is 0 Å². The number of hydrogen-bond acceptors (Lipinski definition) is 4. The second-order valence-corrected chi connectivity index (χ2v) is 4.60. The number of esters is 1. The first-order valence-electron chi connectivity index (χ1n) is 5.90. The van der Waals surface area contributed by atoms with Crippen molar-refractivity contribution in [3.63, 3.8) is 0 Å². The van der Waals surface area contributed by atoms with Crippen molar-refractivity contribution in [1.82, 2.24) is 0 Å². The first-order valence-corrected chi connectivity index (χ1v) is 5.90. The molecular formula is C14H18O4. The standard InChI is InChI=1S/C14H18O4/c1-9-7-10(16-2)8-11(17-3)12(9)14(5-6-14)13(15)18-4/h7-8H,5-6H2,1-4H3. The van der Waals surface area contributed by atoms with Crippen molar-refractivity contribution in [2.75, 3.05) is 21.3 Å². The number of carbonyl (C=O) groups is 1. The van der Waals surface area contributed by atoms with Gasteiger partial charge < -0.3 is 14.2 Å². The summed E-state index contributed by atoms with van der Waals surface area (Å²) >= 11 is 0. The Bertz CT molecular complexity index is 475. The molecule has 0 radical (unpaired) electrons. The summed E-state index contributed by atoms with van der Waals surface area (Å²) in [5, 5.41) is 0. The van der Waals surface area contributed by atoms with E-state index in [1.54, 1.807) is 14.2 Å². The van der Waals surface area contributed by atoms with E-state index in [2.05, 4.69) is 0 Å². The molecule has 0 N–H and O–H groups in total. The van der Waals surface area contributed by atoms with Crippen LogP contribution in [-0.4, -0.2) is 27.3 Å². The van der Waals surface area contributed by atoms with Gasteiger partial charge >= 0.3 is 5.97 Å². The van der Waals surface area contributed by atoms with Gasteiger partial charge in [0, 0.05) is 11.6 Å². The van der Waals surface area contributed by atoms with E-state index in [4.69, 9.17) is 14.2 Å². The number of methoxy groups -OCH3 is 3. The van der Waals surface area contributed by atoms with E-state index >= 15 is 0 Å². The van der Waals surface area contributed by atoms with Crippen LogP contribution in [0.1, 0.15) is 24.0 Å². The third kappa shape index (κ3) is 1.82. The monoisotopic (exact) mass is 250 g/mol. The Morgan fingerprint density at radius 2 is 1.83 bits per heavy atom. The molecule has 0 aromatic heterocycles. The molecule has 0 heterocycles. The third-order valence-electron chi connectivity index (χ3n) is 3.53. The zero-order valence-electron chi connectivity index (χ0n) is 11.2. The number of ether oxygens (including phenoxy) is 3. The van der Waals surface area contributed by atoms with Crippen LogP contribution in [0.15, 0.2) is 12.1 Å². The lowest BCUT2D eigenvalue weighted by Gasteiger charge is -2.20. The van der Waals surface area contributed by atoms with Gasteiger partial charge in [0.15, 0.2) is 0 Å². The molecule has 1 aliphatic rings. The molecule has 4 heteroatoms. The van der Waals surface area contributed by atoms with Gasteiger partial charge in [-0.1, -0.05) is 0 Å². The lowest BCUT2D eigenvalue weighted by molar-refractivity contribution is -0.143. The number of carbonyl (C=O) groups excluding carboxylic acids is 1. The van der Waals surface area contributed by atoms with Crippen molar-refractivity contribution in [2.45, 2.75) is 25.2 Å². The Hall–Kier alpha value is -1.71. The van der Waals surface area contributed by atoms with Crippen LogP contribution in [-0.2, 0) is 14.9 Å². The van der Waals surface area contributed by atoms with Gasteiger partial charge in [-0.2, -0.15) is 0 Å². The highest BCUT2D eigenvalue weighted by Gasteiger charge is 2.55. The molecule has 0 unspecified atom stereocenters. The zero-order chi connectivity index (χ0) is 13.3. The van der Waals surface area contributed by atoms with Crippen LogP contribution in [0.25, 0.3) is 0 Å². The van der Waals surface area contributed by atoms with Gasteiger partial charge in [-0.05, 0) is 31.4 Å². The Kier molecular flexibility index (Phi) is 3.20. The second kappa shape index (κ2) is 4.52. The minimum atomic E-state index is -0.517. The van der Waals surface area contributed by atoms with Crippen LogP contribution in [0.5, 0.6) is 11.5 Å². The number of rotatable bonds is 4. The summed E-state index contributed by atoms with van der Waals surface area (Å²) in [7, 11) is 4.64. The largest absolute Gasteiger partial charge is 0.497 e. The van der Waals surface area contributed by atoms with Crippen molar-refractivity contribution >= 4 is 5.97 Å². The maximum atomic E-state index is 12.0. The highest BCUT2D eigenvalue weighted by molar-refractivity contribution is 5.88. The van der Waals surface area contributed by atoms with E-state index < -0.39 is 5.41 Å². The zero-order valence-corrected chi connectivity index (χ0v) is 11.2. The van der Waals surface area contributed by atoms with E-state index in [0.717, 1.165) is 29.7 Å². The Labute approximate surface area is 107 Å². The molecule has 1 aliphatic carbocycles. The normalized spacial score (nSPS) is 16.0. The molecule has 1 saturated carbocycles. The van der Waals surface area contributed by atoms with E-state index in [9.17, 15) is 4.79 Å². The topological polar surface area (TPSA) is 44.8 Å². The Balaban J connectivity index is 2.54. The van der Waals surface area contributed by atoms with Gasteiger partial charge in [-0.25, -0.2) is 0 Å². The minimum absolute atomic E-state index is 0.186. The van der Waals surface area contributed by atoms with Crippen LogP contribution >= 0.6 is 0 Å². The summed E-state index contributed by atoms with van der Waals surface area (Å²) in [4.78, 5) is 12.0. The van der Waals surface area contributed by atoms with Gasteiger partial charge in [0.2, 0.25) is 0 Å². The molecule has 1 fully saturated rings. The number of hydrogen-bond donors (Lipinski definition) is 0. The molecule has 0 aliphatic heterocycles. The van der Waals surface area contributed by atoms with Crippen LogP contribution in [0.2, 0.25) is 0 Å². The maximum Gasteiger partial charge on any atom is 0.316 e. The molecule has 0 spiro atoms. The Morgan fingerprint density at radius 1 is 1.17 bits per heavy atom. The van der Waals surface area contributed by atoms with Crippen molar-refractivity contribution in [3.8, 4) is 11.5 Å². The van der Waals surface area contributed by atoms with Gasteiger partial charge in [-0.3, -0.25) is 4.79 Å². The average Bonchev–Trinajstić information content (AvgIpc) is 3.17. The molecule has 0 amide bonds. The molecule has 1 aromatic carbocycles. The molecule has 2 rings (SSSR count). The molecule has 18 heavy (non-hydrogen) atoms. The minimum Gasteiger partial charge on any atom is -0.497 e. The summed E-state index contributed by atoms with van der Waals surface area (Å²) in [5.41, 5.74) is 1.41. The lowest BCUT2D eigenvalue weighted by atomic mass is 9.90. The average molecular weight is 250 g/mol. The summed E-state index contributed by atoms with van der Waals surface area (Å²) in [6.45, 7) is 1.96. The van der Waals surface area contributed by atoms with E-state index in [-0.39, 0.29) is 5.97 Å². The van der Waals surface area contributed by atoms with Gasteiger partial charge in [0.25, 0.3) is 0 Å². The first kappa shape index (κ1) is 12.7. The quantitative estimate of drug-likeness (QED) is 0.769. The lowest BCUT2D eigenvalue weighted by Crippen LogP contribution is -2.23. The molecule has 1 aromatic rings. The fraction of sp³-hybridized carbons (Fsp3) is 0.500. The summed E-state index contributed by atoms with van der Waals surface area (Å²) in [6, 6.07) is 3.73. The van der Waals surface area contributed by atoms with E-state index in [1.807, 2.05) is 19.1 Å². The molecule has 98 valence electrons. The van der Waals surface area contributed by atoms with E-state index in [1.165, 1.54) is 7.11 Å². The molecular weight excluding hydrogens is 232 g/mol. The summed E-state index contributed by atoms with van der Waals surface area (Å²) < 4.78 is 15.5. The van der Waals surface area contributed by atoms with Crippen molar-refractivity contribution in [3.05, 3.63) is 23.3 Å². The fourth-order valence-electron chi connectivity index (χ4n) is 2.49. The first-order chi connectivity index (χ1) is 8.58. The number of benzene rings is 1. The van der Waals surface area contributed by atoms with Crippen molar-refractivity contribution in [1.29, 1.82) is 0 Å². The van der Waals surface area contributed by atoms with Gasteiger partial charge in [-0.15, -0.1) is 0 Å². The maximum absolute atomic E-state index is 12.0.